The molecule has 0 aromatic carbocycles. The average molecular weight is 196 g/mol. The fourth-order valence-electron chi connectivity index (χ4n) is 1.61. The van der Waals surface area contributed by atoms with Gasteiger partial charge in [0.15, 0.2) is 0 Å². The smallest absolute Gasteiger partial charge is 0.115 e. The van der Waals surface area contributed by atoms with Crippen LogP contribution < -0.4 is 0 Å². The molecule has 3 heterocycles. The molecule has 0 bridgehead atoms. The Bertz CT molecular complexity index is 586. The molecule has 0 saturated carbocycles. The largest absolute Gasteiger partial charge is 0.359 e. The molecule has 0 atom stereocenters. The van der Waals surface area contributed by atoms with E-state index in [1.165, 1.54) is 6.33 Å². The van der Waals surface area contributed by atoms with Crippen molar-refractivity contribution >= 4 is 11.0 Å². The molecule has 1 N–H and O–H groups in total. The minimum absolute atomic E-state index is 0.951. The highest BCUT2D eigenvalue weighted by Crippen LogP contribution is 2.24. The lowest BCUT2D eigenvalue weighted by Gasteiger charge is -1.95. The SMILES string of the molecule is c1cnc2c(-c3cncnc3)c[nH]c2c1. The highest BCUT2D eigenvalue weighted by molar-refractivity contribution is 5.91. The van der Waals surface area contributed by atoms with E-state index < -0.39 is 0 Å². The van der Waals surface area contributed by atoms with Crippen molar-refractivity contribution < 1.29 is 0 Å². The monoisotopic (exact) mass is 196 g/mol. The first-order chi connectivity index (χ1) is 7.45. The summed E-state index contributed by atoms with van der Waals surface area (Å²) in [5, 5.41) is 0. The molecule has 0 aliphatic heterocycles. The summed E-state index contributed by atoms with van der Waals surface area (Å²) in [7, 11) is 0. The zero-order chi connectivity index (χ0) is 10.1. The number of pyridine rings is 1. The first kappa shape index (κ1) is 8.11. The van der Waals surface area contributed by atoms with Crippen LogP contribution in [-0.4, -0.2) is 19.9 Å². The van der Waals surface area contributed by atoms with Crippen LogP contribution in [0, 0.1) is 0 Å². The molecule has 72 valence electrons. The molecule has 3 aromatic rings. The number of aromatic nitrogens is 4. The fourth-order valence-corrected chi connectivity index (χ4v) is 1.61. The lowest BCUT2D eigenvalue weighted by Crippen LogP contribution is -1.81. The van der Waals surface area contributed by atoms with Crippen molar-refractivity contribution in [2.24, 2.45) is 0 Å². The molecule has 4 heteroatoms. The summed E-state index contributed by atoms with van der Waals surface area (Å²) < 4.78 is 0. The summed E-state index contributed by atoms with van der Waals surface area (Å²) >= 11 is 0. The Hall–Kier alpha value is -2.23. The molecule has 0 amide bonds. The predicted octanol–water partition coefficient (Wildman–Crippen LogP) is 2.02. The Morgan fingerprint density at radius 2 is 2.00 bits per heavy atom. The third kappa shape index (κ3) is 1.27. The molecular formula is C11H8N4. The van der Waals surface area contributed by atoms with Crippen LogP contribution in [0.15, 0.2) is 43.2 Å². The zero-order valence-corrected chi connectivity index (χ0v) is 7.88. The first-order valence-corrected chi connectivity index (χ1v) is 4.62. The summed E-state index contributed by atoms with van der Waals surface area (Å²) in [6.45, 7) is 0. The molecule has 0 unspecified atom stereocenters. The highest BCUT2D eigenvalue weighted by Gasteiger charge is 2.06. The van der Waals surface area contributed by atoms with Gasteiger partial charge in [-0.25, -0.2) is 9.97 Å². The van der Waals surface area contributed by atoms with Gasteiger partial charge in [-0.3, -0.25) is 4.98 Å². The minimum atomic E-state index is 0.951. The second-order valence-corrected chi connectivity index (χ2v) is 3.23. The van der Waals surface area contributed by atoms with Gasteiger partial charge < -0.3 is 4.98 Å². The minimum Gasteiger partial charge on any atom is -0.359 e. The number of nitrogens with one attached hydrogen (secondary N) is 1. The van der Waals surface area contributed by atoms with Gasteiger partial charge in [-0.2, -0.15) is 0 Å². The standard InChI is InChI=1S/C11H8N4/c1-2-10-11(14-3-1)9(6-15-10)8-4-12-7-13-5-8/h1-7,15H. The second kappa shape index (κ2) is 3.16. The maximum Gasteiger partial charge on any atom is 0.115 e. The number of hydrogen-bond donors (Lipinski definition) is 1. The zero-order valence-electron chi connectivity index (χ0n) is 7.88. The normalized spacial score (nSPS) is 10.7. The van der Waals surface area contributed by atoms with Crippen molar-refractivity contribution in [2.45, 2.75) is 0 Å². The van der Waals surface area contributed by atoms with Crippen LogP contribution in [0.4, 0.5) is 0 Å². The van der Waals surface area contributed by atoms with E-state index in [-0.39, 0.29) is 0 Å². The molecule has 0 aliphatic rings. The van der Waals surface area contributed by atoms with Crippen molar-refractivity contribution in [3.05, 3.63) is 43.2 Å². The van der Waals surface area contributed by atoms with Crippen molar-refractivity contribution in [1.29, 1.82) is 0 Å². The van der Waals surface area contributed by atoms with Gasteiger partial charge in [0.05, 0.1) is 11.0 Å². The third-order valence-electron chi connectivity index (χ3n) is 2.31. The number of hydrogen-bond acceptors (Lipinski definition) is 3. The number of rotatable bonds is 1. The molecule has 3 rings (SSSR count). The Kier molecular flexibility index (Phi) is 1.71. The van der Waals surface area contributed by atoms with Gasteiger partial charge in [0.25, 0.3) is 0 Å². The van der Waals surface area contributed by atoms with E-state index in [0.717, 1.165) is 22.2 Å². The molecular weight excluding hydrogens is 188 g/mol. The summed E-state index contributed by atoms with van der Waals surface area (Å²) in [5.41, 5.74) is 3.98. The lowest BCUT2D eigenvalue weighted by molar-refractivity contribution is 1.17. The van der Waals surface area contributed by atoms with Crippen LogP contribution >= 0.6 is 0 Å². The van der Waals surface area contributed by atoms with Gasteiger partial charge in [0, 0.05) is 35.9 Å². The maximum absolute atomic E-state index is 4.33. The van der Waals surface area contributed by atoms with Gasteiger partial charge in [-0.05, 0) is 12.1 Å². The van der Waals surface area contributed by atoms with Gasteiger partial charge in [-0.15, -0.1) is 0 Å². The number of fused-ring (bicyclic) bond motifs is 1. The van der Waals surface area contributed by atoms with Crippen molar-refractivity contribution in [2.75, 3.05) is 0 Å². The number of nitrogens with zero attached hydrogens (tertiary/aromatic N) is 3. The Morgan fingerprint density at radius 1 is 1.13 bits per heavy atom. The molecule has 0 saturated heterocycles. The van der Waals surface area contributed by atoms with E-state index in [1.54, 1.807) is 18.6 Å². The quantitative estimate of drug-likeness (QED) is 0.647. The van der Waals surface area contributed by atoms with Gasteiger partial charge in [0.2, 0.25) is 0 Å². The van der Waals surface area contributed by atoms with Crippen molar-refractivity contribution in [3.63, 3.8) is 0 Å². The van der Waals surface area contributed by atoms with Crippen LogP contribution in [0.25, 0.3) is 22.2 Å². The predicted molar refractivity (Wildman–Crippen MR) is 57.1 cm³/mol. The van der Waals surface area contributed by atoms with Crippen molar-refractivity contribution in [3.8, 4) is 11.1 Å². The highest BCUT2D eigenvalue weighted by atomic mass is 14.8. The molecule has 0 spiro atoms. The average Bonchev–Trinajstić information content (AvgIpc) is 2.74. The van der Waals surface area contributed by atoms with Crippen LogP contribution in [0.5, 0.6) is 0 Å². The van der Waals surface area contributed by atoms with E-state index in [2.05, 4.69) is 19.9 Å². The van der Waals surface area contributed by atoms with E-state index in [1.807, 2.05) is 18.3 Å². The van der Waals surface area contributed by atoms with E-state index >= 15 is 0 Å². The van der Waals surface area contributed by atoms with E-state index in [9.17, 15) is 0 Å². The van der Waals surface area contributed by atoms with Gasteiger partial charge >= 0.3 is 0 Å². The second-order valence-electron chi connectivity index (χ2n) is 3.23. The Morgan fingerprint density at radius 3 is 2.87 bits per heavy atom. The van der Waals surface area contributed by atoms with Crippen LogP contribution in [0.2, 0.25) is 0 Å². The molecule has 0 aliphatic carbocycles. The van der Waals surface area contributed by atoms with Crippen molar-refractivity contribution in [1.82, 2.24) is 19.9 Å². The van der Waals surface area contributed by atoms with Crippen LogP contribution in [-0.2, 0) is 0 Å². The molecule has 0 fully saturated rings. The van der Waals surface area contributed by atoms with Gasteiger partial charge in [-0.1, -0.05) is 0 Å². The summed E-state index contributed by atoms with van der Waals surface area (Å²) in [6, 6.07) is 3.90. The summed E-state index contributed by atoms with van der Waals surface area (Å²) in [4.78, 5) is 15.5. The summed E-state index contributed by atoms with van der Waals surface area (Å²) in [6.07, 6.45) is 8.79. The lowest BCUT2D eigenvalue weighted by atomic mass is 10.1. The van der Waals surface area contributed by atoms with E-state index in [0.29, 0.717) is 0 Å². The van der Waals surface area contributed by atoms with Gasteiger partial charge in [0.1, 0.15) is 6.33 Å². The number of aromatic amines is 1. The first-order valence-electron chi connectivity index (χ1n) is 4.62. The Labute approximate surface area is 86.0 Å². The Balaban J connectivity index is 2.28. The molecule has 4 nitrogen and oxygen atoms in total. The third-order valence-corrected chi connectivity index (χ3v) is 2.31. The molecule has 0 radical (unpaired) electrons. The van der Waals surface area contributed by atoms with E-state index in [4.69, 9.17) is 0 Å². The van der Waals surface area contributed by atoms with Crippen LogP contribution in [0.1, 0.15) is 0 Å². The molecule has 3 aromatic heterocycles. The summed E-state index contributed by atoms with van der Waals surface area (Å²) in [5.74, 6) is 0. The topological polar surface area (TPSA) is 54.5 Å². The fraction of sp³-hybridized carbons (Fsp3) is 0. The molecule has 15 heavy (non-hydrogen) atoms. The maximum atomic E-state index is 4.33. The number of H-pyrrole nitrogens is 1. The van der Waals surface area contributed by atoms with Crippen LogP contribution in [0.3, 0.4) is 0 Å².